The normalized spacial score (nSPS) is 11.7. The van der Waals surface area contributed by atoms with Gasteiger partial charge in [-0.25, -0.2) is 0 Å². The third-order valence-corrected chi connectivity index (χ3v) is 10.8. The van der Waals surface area contributed by atoms with Gasteiger partial charge in [-0.2, -0.15) is 0 Å². The van der Waals surface area contributed by atoms with E-state index >= 15 is 0 Å². The third-order valence-electron chi connectivity index (χ3n) is 8.46. The molecule has 0 atom stereocenters. The lowest BCUT2D eigenvalue weighted by Crippen LogP contribution is -2.11. The highest BCUT2D eigenvalue weighted by Gasteiger charge is 2.22. The predicted molar refractivity (Wildman–Crippen MR) is 190 cm³/mol. The molecule has 0 radical (unpaired) electrons. The van der Waals surface area contributed by atoms with Crippen molar-refractivity contribution in [1.82, 2.24) is 0 Å². The van der Waals surface area contributed by atoms with Crippen molar-refractivity contribution in [2.45, 2.75) is 0 Å². The molecule has 0 spiro atoms. The molecule has 43 heavy (non-hydrogen) atoms. The molecule has 0 fully saturated rings. The largest absolute Gasteiger partial charge is 0.309 e. The second-order valence-corrected chi connectivity index (χ2v) is 13.0. The van der Waals surface area contributed by atoms with Gasteiger partial charge in [0.15, 0.2) is 0 Å². The summed E-state index contributed by atoms with van der Waals surface area (Å²) in [6, 6.07) is 55.4. The fraction of sp³-hybridized carbons (Fsp3) is 0. The van der Waals surface area contributed by atoms with Gasteiger partial charge < -0.3 is 4.90 Å². The van der Waals surface area contributed by atoms with Gasteiger partial charge in [-0.3, -0.25) is 0 Å². The van der Waals surface area contributed by atoms with E-state index in [1.165, 1.54) is 73.6 Å². The monoisotopic (exact) mass is 583 g/mol. The summed E-state index contributed by atoms with van der Waals surface area (Å²) in [6.45, 7) is 0. The van der Waals surface area contributed by atoms with Gasteiger partial charge in [0.05, 0.1) is 11.4 Å². The number of para-hydroxylation sites is 1. The average Bonchev–Trinajstić information content (AvgIpc) is 3.64. The maximum absolute atomic E-state index is 2.48. The number of hydrogen-bond acceptors (Lipinski definition) is 3. The average molecular weight is 584 g/mol. The van der Waals surface area contributed by atoms with Gasteiger partial charge in [0.1, 0.15) is 0 Å². The molecule has 2 aromatic heterocycles. The van der Waals surface area contributed by atoms with Crippen LogP contribution in [0.1, 0.15) is 0 Å². The maximum Gasteiger partial charge on any atom is 0.0554 e. The molecular weight excluding hydrogens is 559 g/mol. The summed E-state index contributed by atoms with van der Waals surface area (Å²) in [6.07, 6.45) is 0. The summed E-state index contributed by atoms with van der Waals surface area (Å²) in [4.78, 5) is 2.48. The van der Waals surface area contributed by atoms with Gasteiger partial charge in [-0.1, -0.05) is 115 Å². The lowest BCUT2D eigenvalue weighted by Gasteiger charge is -2.29. The Morgan fingerprint density at radius 3 is 1.93 bits per heavy atom. The van der Waals surface area contributed by atoms with Crippen molar-refractivity contribution < 1.29 is 0 Å². The molecule has 0 saturated carbocycles. The topological polar surface area (TPSA) is 3.24 Å². The van der Waals surface area contributed by atoms with E-state index in [1.54, 1.807) is 0 Å². The van der Waals surface area contributed by atoms with Crippen molar-refractivity contribution >= 4 is 90.9 Å². The molecule has 0 aliphatic rings. The van der Waals surface area contributed by atoms with E-state index < -0.39 is 0 Å². The van der Waals surface area contributed by atoms with E-state index in [1.807, 2.05) is 22.7 Å². The molecule has 9 aromatic rings. The molecule has 0 saturated heterocycles. The van der Waals surface area contributed by atoms with Crippen LogP contribution in [0.15, 0.2) is 152 Å². The molecule has 9 rings (SSSR count). The zero-order chi connectivity index (χ0) is 28.3. The summed E-state index contributed by atoms with van der Waals surface area (Å²) < 4.78 is 5.28. The van der Waals surface area contributed by atoms with Crippen molar-refractivity contribution in [3.8, 4) is 11.1 Å². The highest BCUT2D eigenvalue weighted by Crippen LogP contribution is 2.48. The van der Waals surface area contributed by atoms with Crippen molar-refractivity contribution in [3.63, 3.8) is 0 Å². The first-order valence-corrected chi connectivity index (χ1v) is 16.2. The number of anilines is 3. The Bertz CT molecular complexity index is 2470. The van der Waals surface area contributed by atoms with Crippen LogP contribution < -0.4 is 4.90 Å². The van der Waals surface area contributed by atoms with Gasteiger partial charge in [0, 0.05) is 57.0 Å². The molecule has 0 aliphatic heterocycles. The Kier molecular flexibility index (Phi) is 5.62. The molecule has 0 aliphatic carbocycles. The first-order valence-electron chi connectivity index (χ1n) is 14.5. The van der Waals surface area contributed by atoms with Crippen LogP contribution in [0.2, 0.25) is 0 Å². The molecule has 0 unspecified atom stereocenters. The number of fused-ring (bicyclic) bond motifs is 8. The molecular formula is C40H25NS2. The maximum atomic E-state index is 2.48. The number of rotatable bonds is 4. The molecule has 0 bridgehead atoms. The van der Waals surface area contributed by atoms with Crippen LogP contribution in [0.5, 0.6) is 0 Å². The van der Waals surface area contributed by atoms with Crippen LogP contribution >= 0.6 is 22.7 Å². The zero-order valence-corrected chi connectivity index (χ0v) is 24.8. The summed E-state index contributed by atoms with van der Waals surface area (Å²) in [5.41, 5.74) is 5.93. The van der Waals surface area contributed by atoms with Gasteiger partial charge in [0.25, 0.3) is 0 Å². The van der Waals surface area contributed by atoms with Gasteiger partial charge in [-0.05, 0) is 47.3 Å². The molecule has 7 aromatic carbocycles. The molecule has 3 heteroatoms. The van der Waals surface area contributed by atoms with Crippen LogP contribution in [-0.2, 0) is 0 Å². The summed E-state index contributed by atoms with van der Waals surface area (Å²) in [7, 11) is 0. The van der Waals surface area contributed by atoms with Crippen LogP contribution in [0, 0.1) is 0 Å². The summed E-state index contributed by atoms with van der Waals surface area (Å²) in [5.74, 6) is 0. The van der Waals surface area contributed by atoms with Gasteiger partial charge in [-0.15, -0.1) is 22.7 Å². The Hall–Kier alpha value is -4.96. The summed E-state index contributed by atoms with van der Waals surface area (Å²) >= 11 is 3.76. The van der Waals surface area contributed by atoms with Gasteiger partial charge >= 0.3 is 0 Å². The van der Waals surface area contributed by atoms with E-state index in [-0.39, 0.29) is 0 Å². The zero-order valence-electron chi connectivity index (χ0n) is 23.2. The molecule has 2 heterocycles. The molecule has 0 amide bonds. The summed E-state index contributed by atoms with van der Waals surface area (Å²) in [5, 5.41) is 7.81. The second kappa shape index (κ2) is 9.81. The Balaban J connectivity index is 1.38. The molecule has 202 valence electrons. The minimum Gasteiger partial charge on any atom is -0.309 e. The minimum atomic E-state index is 1.16. The lowest BCUT2D eigenvalue weighted by molar-refractivity contribution is 1.31. The van der Waals surface area contributed by atoms with Crippen LogP contribution in [0.25, 0.3) is 62.2 Å². The second-order valence-electron chi connectivity index (χ2n) is 10.9. The number of nitrogens with zero attached hydrogens (tertiary/aromatic N) is 1. The smallest absolute Gasteiger partial charge is 0.0554 e. The van der Waals surface area contributed by atoms with E-state index in [2.05, 4.69) is 157 Å². The highest BCUT2D eigenvalue weighted by atomic mass is 32.1. The SMILES string of the molecule is c1ccc(-c2ccccc2N(c2ccc3c(c2)sc2ccccc23)c2cccc3ccc4c5ccccc5sc4c23)cc1. The number of benzene rings is 7. The van der Waals surface area contributed by atoms with Crippen molar-refractivity contribution in [2.24, 2.45) is 0 Å². The third kappa shape index (κ3) is 3.90. The number of hydrogen-bond donors (Lipinski definition) is 0. The predicted octanol–water partition coefficient (Wildman–Crippen LogP) is 12.7. The Morgan fingerprint density at radius 1 is 0.419 bits per heavy atom. The molecule has 1 nitrogen and oxygen atoms in total. The fourth-order valence-electron chi connectivity index (χ4n) is 6.51. The quantitative estimate of drug-likeness (QED) is 0.199. The van der Waals surface area contributed by atoms with Crippen LogP contribution in [0.3, 0.4) is 0 Å². The number of thiophene rings is 2. The minimum absolute atomic E-state index is 1.16. The van der Waals surface area contributed by atoms with Gasteiger partial charge in [0.2, 0.25) is 0 Å². The van der Waals surface area contributed by atoms with Crippen molar-refractivity contribution in [1.29, 1.82) is 0 Å². The van der Waals surface area contributed by atoms with Crippen molar-refractivity contribution in [3.05, 3.63) is 152 Å². The van der Waals surface area contributed by atoms with Crippen LogP contribution in [-0.4, -0.2) is 0 Å². The highest BCUT2D eigenvalue weighted by molar-refractivity contribution is 7.27. The first-order chi connectivity index (χ1) is 21.3. The van der Waals surface area contributed by atoms with E-state index in [4.69, 9.17) is 0 Å². The Morgan fingerprint density at radius 2 is 1.07 bits per heavy atom. The standard InChI is InChI=1S/C40H25NS2/c1-2-11-26(12-3-1)29-14-4-7-17-34(29)41(28-22-24-32-30-15-5-8-19-36(30)42-38(32)25-28)35-18-10-13-27-21-23-33-31-16-6-9-20-37(31)43-40(33)39(27)35/h1-25H. The lowest BCUT2D eigenvalue weighted by atomic mass is 9.99. The Labute approximate surface area is 257 Å². The van der Waals surface area contributed by atoms with E-state index in [9.17, 15) is 0 Å². The van der Waals surface area contributed by atoms with E-state index in [0.29, 0.717) is 0 Å². The fourth-order valence-corrected chi connectivity index (χ4v) is 8.92. The van der Waals surface area contributed by atoms with Crippen molar-refractivity contribution in [2.75, 3.05) is 4.90 Å². The first kappa shape index (κ1) is 24.6. The molecule has 0 N–H and O–H groups in total. The van der Waals surface area contributed by atoms with E-state index in [0.717, 1.165) is 5.69 Å². The van der Waals surface area contributed by atoms with Crippen LogP contribution in [0.4, 0.5) is 17.1 Å².